The molecular formula is C18H29N3O4Si. The summed E-state index contributed by atoms with van der Waals surface area (Å²) in [5.74, 6) is 0.573. The summed E-state index contributed by atoms with van der Waals surface area (Å²) < 4.78 is 11.6. The Kier molecular flexibility index (Phi) is 8.30. The van der Waals surface area contributed by atoms with Crippen LogP contribution in [0.15, 0.2) is 29.4 Å². The van der Waals surface area contributed by atoms with Crippen molar-refractivity contribution < 1.29 is 19.1 Å². The summed E-state index contributed by atoms with van der Waals surface area (Å²) in [4.78, 5) is 13.3. The molecule has 1 aromatic rings. The minimum Gasteiger partial charge on any atom is -0.491 e. The number of hydrogen-bond donors (Lipinski definition) is 1. The smallest absolute Gasteiger partial charge is 0.191 e. The Morgan fingerprint density at radius 1 is 1.27 bits per heavy atom. The molecule has 8 heteroatoms. The van der Waals surface area contributed by atoms with Gasteiger partial charge in [0.2, 0.25) is 0 Å². The van der Waals surface area contributed by atoms with Crippen LogP contribution in [0.5, 0.6) is 5.75 Å². The van der Waals surface area contributed by atoms with Gasteiger partial charge in [-0.3, -0.25) is 0 Å². The number of hydrogen-bond acceptors (Lipinski definition) is 5. The van der Waals surface area contributed by atoms with E-state index in [9.17, 15) is 9.90 Å². The summed E-state index contributed by atoms with van der Waals surface area (Å²) in [6.45, 7) is 10.7. The van der Waals surface area contributed by atoms with Gasteiger partial charge in [0.05, 0.1) is 12.1 Å². The van der Waals surface area contributed by atoms with Crippen LogP contribution >= 0.6 is 0 Å². The number of aliphatic hydroxyl groups excluding tert-OH is 1. The van der Waals surface area contributed by atoms with E-state index in [0.29, 0.717) is 12.2 Å². The van der Waals surface area contributed by atoms with Crippen molar-refractivity contribution in [3.8, 4) is 5.75 Å². The monoisotopic (exact) mass is 379 g/mol. The predicted octanol–water partition coefficient (Wildman–Crippen LogP) is 3.87. The lowest BCUT2D eigenvalue weighted by molar-refractivity contribution is -0.107. The first kappa shape index (κ1) is 22.2. The van der Waals surface area contributed by atoms with Gasteiger partial charge in [-0.25, -0.2) is 0 Å². The fraction of sp³-hybridized carbons (Fsp3) is 0.611. The maximum Gasteiger partial charge on any atom is 0.191 e. The third-order valence-corrected chi connectivity index (χ3v) is 9.23. The lowest BCUT2D eigenvalue weighted by Crippen LogP contribution is -2.44. The molecule has 0 bridgehead atoms. The van der Waals surface area contributed by atoms with E-state index in [1.165, 1.54) is 0 Å². The van der Waals surface area contributed by atoms with Crippen molar-refractivity contribution >= 4 is 14.6 Å². The number of carbonyl (C=O) groups excluding carboxylic acids is 1. The van der Waals surface area contributed by atoms with E-state index in [-0.39, 0.29) is 18.3 Å². The molecule has 1 rings (SSSR count). The molecule has 0 unspecified atom stereocenters. The molecular weight excluding hydrogens is 350 g/mol. The molecule has 1 N–H and O–H groups in total. The Hall–Kier alpha value is -1.86. The highest BCUT2D eigenvalue weighted by molar-refractivity contribution is 6.74. The van der Waals surface area contributed by atoms with E-state index < -0.39 is 20.5 Å². The quantitative estimate of drug-likeness (QED) is 0.219. The van der Waals surface area contributed by atoms with E-state index in [1.807, 2.05) is 0 Å². The Morgan fingerprint density at radius 3 is 2.38 bits per heavy atom. The second-order valence-electron chi connectivity index (χ2n) is 7.74. The normalized spacial score (nSPS) is 14.2. The summed E-state index contributed by atoms with van der Waals surface area (Å²) in [5.41, 5.74) is 9.67. The second-order valence-corrected chi connectivity index (χ2v) is 12.5. The van der Waals surface area contributed by atoms with Gasteiger partial charge in [0.15, 0.2) is 8.32 Å². The van der Waals surface area contributed by atoms with Crippen molar-refractivity contribution in [3.63, 3.8) is 0 Å². The number of rotatable bonds is 10. The molecule has 26 heavy (non-hydrogen) atoms. The molecule has 0 amide bonds. The Morgan fingerprint density at radius 2 is 1.88 bits per heavy atom. The Bertz CT molecular complexity index is 622. The van der Waals surface area contributed by atoms with E-state index in [2.05, 4.69) is 43.9 Å². The van der Waals surface area contributed by atoms with Crippen molar-refractivity contribution in [2.75, 3.05) is 13.2 Å². The van der Waals surface area contributed by atoms with Crippen LogP contribution in [0.1, 0.15) is 26.3 Å². The van der Waals surface area contributed by atoms with Crippen LogP contribution in [0.2, 0.25) is 18.1 Å². The van der Waals surface area contributed by atoms with E-state index in [0.717, 1.165) is 11.8 Å². The zero-order valence-corrected chi connectivity index (χ0v) is 17.2. The van der Waals surface area contributed by atoms with Crippen LogP contribution in [0, 0.1) is 0 Å². The van der Waals surface area contributed by atoms with E-state index >= 15 is 0 Å². The molecule has 7 nitrogen and oxygen atoms in total. The minimum atomic E-state index is -2.01. The number of ether oxygens (including phenoxy) is 1. The van der Waals surface area contributed by atoms with Crippen LogP contribution < -0.4 is 4.74 Å². The lowest BCUT2D eigenvalue weighted by atomic mass is 10.1. The first-order valence-electron chi connectivity index (χ1n) is 8.62. The first-order chi connectivity index (χ1) is 12.1. The molecule has 0 saturated carbocycles. The number of azide groups is 1. The minimum absolute atomic E-state index is 0.0163. The summed E-state index contributed by atoms with van der Waals surface area (Å²) in [7, 11) is -2.01. The SMILES string of the molecule is CC(C)(C)[Si](C)(C)OC[C@H](N=[N+]=[N-])[C@H](O)COc1ccc(CC=O)cc1. The highest BCUT2D eigenvalue weighted by atomic mass is 28.4. The van der Waals surface area contributed by atoms with Crippen molar-refractivity contribution in [3.05, 3.63) is 40.3 Å². The zero-order chi connectivity index (χ0) is 19.8. The molecule has 0 saturated heterocycles. The fourth-order valence-electron chi connectivity index (χ4n) is 1.91. The Balaban J connectivity index is 2.63. The van der Waals surface area contributed by atoms with Crippen LogP contribution in [0.4, 0.5) is 0 Å². The number of carbonyl (C=O) groups is 1. The van der Waals surface area contributed by atoms with Crippen molar-refractivity contribution in [2.45, 2.75) is 57.5 Å². The largest absolute Gasteiger partial charge is 0.491 e. The molecule has 2 atom stereocenters. The summed E-state index contributed by atoms with van der Waals surface area (Å²) in [5, 5.41) is 14.0. The second kappa shape index (κ2) is 9.73. The molecule has 144 valence electrons. The summed E-state index contributed by atoms with van der Waals surface area (Å²) in [6.07, 6.45) is 0.212. The standard InChI is InChI=1S/C18H29N3O4Si/c1-18(2,3)26(4,5)25-12-16(20-21-19)17(23)13-24-15-8-6-14(7-9-15)10-11-22/h6-9,11,16-17,23H,10,12-13H2,1-5H3/t16-,17+/m0/s1. The molecule has 1 aromatic carbocycles. The van der Waals surface area contributed by atoms with Crippen molar-refractivity contribution in [1.82, 2.24) is 0 Å². The van der Waals surface area contributed by atoms with E-state index in [4.69, 9.17) is 14.7 Å². The number of aliphatic hydroxyl groups is 1. The molecule has 0 spiro atoms. The summed E-state index contributed by atoms with van der Waals surface area (Å²) in [6, 6.07) is 6.34. The maximum atomic E-state index is 10.5. The Labute approximate surface area is 156 Å². The molecule has 0 fully saturated rings. The molecule has 0 aliphatic rings. The average molecular weight is 380 g/mol. The highest BCUT2D eigenvalue weighted by Gasteiger charge is 2.38. The molecule has 0 aromatic heterocycles. The van der Waals surface area contributed by atoms with Crippen LogP contribution in [-0.2, 0) is 15.6 Å². The maximum absolute atomic E-state index is 10.5. The van der Waals surface area contributed by atoms with Gasteiger partial charge < -0.3 is 19.1 Å². The first-order valence-corrected chi connectivity index (χ1v) is 11.5. The van der Waals surface area contributed by atoms with Crippen molar-refractivity contribution in [2.24, 2.45) is 5.11 Å². The topological polar surface area (TPSA) is 105 Å². The number of nitrogens with zero attached hydrogens (tertiary/aromatic N) is 3. The van der Waals surface area contributed by atoms with Gasteiger partial charge in [-0.05, 0) is 41.4 Å². The molecule has 0 aliphatic carbocycles. The average Bonchev–Trinajstić information content (AvgIpc) is 2.57. The third kappa shape index (κ3) is 6.80. The van der Waals surface area contributed by atoms with Gasteiger partial charge in [-0.2, -0.15) is 0 Å². The molecule has 0 radical (unpaired) electrons. The van der Waals surface area contributed by atoms with Crippen LogP contribution in [0.3, 0.4) is 0 Å². The van der Waals surface area contributed by atoms with Gasteiger partial charge >= 0.3 is 0 Å². The lowest BCUT2D eigenvalue weighted by Gasteiger charge is -2.37. The summed E-state index contributed by atoms with van der Waals surface area (Å²) >= 11 is 0. The van der Waals surface area contributed by atoms with Gasteiger partial charge in [-0.1, -0.05) is 38.0 Å². The van der Waals surface area contributed by atoms with Gasteiger partial charge in [-0.15, -0.1) is 0 Å². The van der Waals surface area contributed by atoms with Crippen LogP contribution in [-0.4, -0.2) is 45.1 Å². The van der Waals surface area contributed by atoms with E-state index in [1.54, 1.807) is 24.3 Å². The van der Waals surface area contributed by atoms with Gasteiger partial charge in [0, 0.05) is 17.9 Å². The number of aldehydes is 1. The van der Waals surface area contributed by atoms with Gasteiger partial charge in [0.25, 0.3) is 0 Å². The molecule has 0 aliphatic heterocycles. The fourth-order valence-corrected chi connectivity index (χ4v) is 2.93. The van der Waals surface area contributed by atoms with Crippen LogP contribution in [0.25, 0.3) is 10.4 Å². The zero-order valence-electron chi connectivity index (χ0n) is 16.2. The van der Waals surface area contributed by atoms with Crippen molar-refractivity contribution in [1.29, 1.82) is 0 Å². The number of benzene rings is 1. The van der Waals surface area contributed by atoms with Gasteiger partial charge in [0.1, 0.15) is 18.6 Å². The highest BCUT2D eigenvalue weighted by Crippen LogP contribution is 2.36. The molecule has 0 heterocycles. The predicted molar refractivity (Wildman–Crippen MR) is 104 cm³/mol. The third-order valence-electron chi connectivity index (χ3n) is 4.73.